The van der Waals surface area contributed by atoms with Crippen LogP contribution in [0.3, 0.4) is 0 Å². The number of carbonyl (C=O) groups excluding carboxylic acids is 1. The van der Waals surface area contributed by atoms with Crippen LogP contribution in [0.5, 0.6) is 0 Å². The largest absolute Gasteiger partial charge is 0.397 e. The van der Waals surface area contributed by atoms with Crippen molar-refractivity contribution in [3.8, 4) is 0 Å². The molecule has 0 spiro atoms. The summed E-state index contributed by atoms with van der Waals surface area (Å²) < 4.78 is 0. The Labute approximate surface area is 161 Å². The van der Waals surface area contributed by atoms with E-state index in [0.29, 0.717) is 28.4 Å². The number of anilines is 3. The number of benzene rings is 2. The number of hydrogen-bond acceptors (Lipinski definition) is 4. The number of nitrogen functional groups attached to an aromatic ring is 1. The van der Waals surface area contributed by atoms with Crippen molar-refractivity contribution in [3.63, 3.8) is 0 Å². The molecule has 0 saturated carbocycles. The van der Waals surface area contributed by atoms with Crippen molar-refractivity contribution < 1.29 is 4.79 Å². The fraction of sp³-hybridized carbons (Fsp3) is 0.409. The van der Waals surface area contributed by atoms with Crippen LogP contribution in [0, 0.1) is 5.41 Å². The van der Waals surface area contributed by atoms with E-state index in [1.165, 1.54) is 0 Å². The molecular weight excluding hydrogens is 336 g/mol. The molecule has 0 bridgehead atoms. The highest BCUT2D eigenvalue weighted by atomic mass is 16.1. The zero-order valence-corrected chi connectivity index (χ0v) is 16.5. The Balaban J connectivity index is 1.55. The van der Waals surface area contributed by atoms with Crippen LogP contribution in [-0.2, 0) is 0 Å². The molecule has 5 heteroatoms. The summed E-state index contributed by atoms with van der Waals surface area (Å²) in [7, 11) is 0. The summed E-state index contributed by atoms with van der Waals surface area (Å²) >= 11 is 0. The highest BCUT2D eigenvalue weighted by molar-refractivity contribution is 6.05. The number of rotatable bonds is 5. The minimum atomic E-state index is -0.156. The topological polar surface area (TPSA) is 70.4 Å². The quantitative estimate of drug-likeness (QED) is 0.698. The molecule has 1 atom stereocenters. The SMILES string of the molecule is CC(C)(C)CN1CC[C@H](Nc2ccc(C(=O)Nc3ccccc3N)cc2)C1. The molecule has 5 nitrogen and oxygen atoms in total. The van der Waals surface area contributed by atoms with Gasteiger partial charge in [-0.05, 0) is 48.2 Å². The second-order valence-electron chi connectivity index (χ2n) is 8.54. The lowest BCUT2D eigenvalue weighted by Crippen LogP contribution is -2.32. The highest BCUT2D eigenvalue weighted by Crippen LogP contribution is 2.22. The van der Waals surface area contributed by atoms with Crippen LogP contribution < -0.4 is 16.4 Å². The van der Waals surface area contributed by atoms with Gasteiger partial charge in [0.1, 0.15) is 0 Å². The van der Waals surface area contributed by atoms with Crippen LogP contribution in [0.2, 0.25) is 0 Å². The van der Waals surface area contributed by atoms with Gasteiger partial charge in [0.15, 0.2) is 0 Å². The maximum atomic E-state index is 12.4. The van der Waals surface area contributed by atoms with Crippen LogP contribution in [0.1, 0.15) is 37.6 Å². The van der Waals surface area contributed by atoms with E-state index in [-0.39, 0.29) is 5.91 Å². The summed E-state index contributed by atoms with van der Waals surface area (Å²) in [6.45, 7) is 10.1. The van der Waals surface area contributed by atoms with Gasteiger partial charge in [0.05, 0.1) is 11.4 Å². The summed E-state index contributed by atoms with van der Waals surface area (Å²) in [6, 6.07) is 15.3. The van der Waals surface area contributed by atoms with E-state index in [1.807, 2.05) is 36.4 Å². The molecule has 144 valence electrons. The van der Waals surface area contributed by atoms with E-state index in [0.717, 1.165) is 31.7 Å². The normalized spacial score (nSPS) is 17.7. The molecule has 1 aliphatic heterocycles. The predicted molar refractivity (Wildman–Crippen MR) is 113 cm³/mol. The van der Waals surface area contributed by atoms with Gasteiger partial charge in [-0.15, -0.1) is 0 Å². The average molecular weight is 367 g/mol. The molecule has 0 aromatic heterocycles. The first kappa shape index (κ1) is 19.2. The van der Waals surface area contributed by atoms with E-state index in [1.54, 1.807) is 12.1 Å². The fourth-order valence-corrected chi connectivity index (χ4v) is 3.52. The second kappa shape index (κ2) is 8.01. The Kier molecular flexibility index (Phi) is 5.71. The maximum absolute atomic E-state index is 12.4. The van der Waals surface area contributed by atoms with Gasteiger partial charge in [-0.25, -0.2) is 0 Å². The Morgan fingerprint density at radius 2 is 1.85 bits per heavy atom. The van der Waals surface area contributed by atoms with Crippen LogP contribution in [0.4, 0.5) is 17.1 Å². The van der Waals surface area contributed by atoms with Crippen molar-refractivity contribution in [1.82, 2.24) is 4.90 Å². The molecular formula is C22H30N4O. The molecule has 2 aromatic rings. The summed E-state index contributed by atoms with van der Waals surface area (Å²) in [5.74, 6) is -0.156. The summed E-state index contributed by atoms with van der Waals surface area (Å²) in [4.78, 5) is 14.9. The minimum Gasteiger partial charge on any atom is -0.397 e. The van der Waals surface area contributed by atoms with Gasteiger partial charge in [0.2, 0.25) is 0 Å². The molecule has 1 heterocycles. The van der Waals surface area contributed by atoms with E-state index < -0.39 is 0 Å². The molecule has 1 amide bonds. The first-order chi connectivity index (χ1) is 12.8. The van der Waals surface area contributed by atoms with Crippen molar-refractivity contribution in [3.05, 3.63) is 54.1 Å². The molecule has 0 aliphatic carbocycles. The van der Waals surface area contributed by atoms with E-state index in [9.17, 15) is 4.79 Å². The molecule has 1 saturated heterocycles. The third-order valence-electron chi connectivity index (χ3n) is 4.70. The first-order valence-corrected chi connectivity index (χ1v) is 9.55. The zero-order chi connectivity index (χ0) is 19.4. The monoisotopic (exact) mass is 366 g/mol. The third-order valence-corrected chi connectivity index (χ3v) is 4.70. The number of nitrogens with two attached hydrogens (primary N) is 1. The Morgan fingerprint density at radius 1 is 1.15 bits per heavy atom. The molecule has 27 heavy (non-hydrogen) atoms. The maximum Gasteiger partial charge on any atom is 0.255 e. The van der Waals surface area contributed by atoms with Gasteiger partial charge in [-0.3, -0.25) is 4.79 Å². The summed E-state index contributed by atoms with van der Waals surface area (Å²) in [5, 5.41) is 6.44. The number of amides is 1. The average Bonchev–Trinajstić information content (AvgIpc) is 3.02. The Morgan fingerprint density at radius 3 is 2.52 bits per heavy atom. The molecule has 3 rings (SSSR count). The van der Waals surface area contributed by atoms with Crippen LogP contribution >= 0.6 is 0 Å². The van der Waals surface area contributed by atoms with Crippen molar-refractivity contribution in [1.29, 1.82) is 0 Å². The van der Waals surface area contributed by atoms with Crippen molar-refractivity contribution in [2.45, 2.75) is 33.2 Å². The predicted octanol–water partition coefficient (Wildman–Crippen LogP) is 4.05. The lowest BCUT2D eigenvalue weighted by Gasteiger charge is -2.26. The number of nitrogens with zero attached hydrogens (tertiary/aromatic N) is 1. The van der Waals surface area contributed by atoms with Crippen molar-refractivity contribution in [2.75, 3.05) is 36.0 Å². The molecule has 0 unspecified atom stereocenters. The van der Waals surface area contributed by atoms with Crippen LogP contribution in [0.25, 0.3) is 0 Å². The molecule has 2 aromatic carbocycles. The van der Waals surface area contributed by atoms with Gasteiger partial charge in [-0.1, -0.05) is 32.9 Å². The van der Waals surface area contributed by atoms with Crippen molar-refractivity contribution >= 4 is 23.0 Å². The number of likely N-dealkylation sites (tertiary alicyclic amines) is 1. The smallest absolute Gasteiger partial charge is 0.255 e. The standard InChI is InChI=1S/C22H30N4O/c1-22(2,3)15-26-13-12-18(14-26)24-17-10-8-16(9-11-17)21(27)25-20-7-5-4-6-19(20)23/h4-11,18,24H,12-15,23H2,1-3H3,(H,25,27)/t18-/m0/s1. The summed E-state index contributed by atoms with van der Waals surface area (Å²) in [5.41, 5.74) is 9.07. The van der Waals surface area contributed by atoms with Crippen LogP contribution in [-0.4, -0.2) is 36.5 Å². The highest BCUT2D eigenvalue weighted by Gasteiger charge is 2.25. The van der Waals surface area contributed by atoms with Gasteiger partial charge >= 0.3 is 0 Å². The third kappa shape index (κ3) is 5.47. The lowest BCUT2D eigenvalue weighted by molar-refractivity contribution is 0.102. The number of hydrogen-bond donors (Lipinski definition) is 3. The Bertz CT molecular complexity index is 780. The van der Waals surface area contributed by atoms with E-state index >= 15 is 0 Å². The molecule has 1 fully saturated rings. The number of carbonyl (C=O) groups is 1. The lowest BCUT2D eigenvalue weighted by atomic mass is 9.96. The number of para-hydroxylation sites is 2. The van der Waals surface area contributed by atoms with E-state index in [4.69, 9.17) is 5.73 Å². The fourth-order valence-electron chi connectivity index (χ4n) is 3.52. The summed E-state index contributed by atoms with van der Waals surface area (Å²) in [6.07, 6.45) is 1.14. The van der Waals surface area contributed by atoms with Crippen LogP contribution in [0.15, 0.2) is 48.5 Å². The number of nitrogens with one attached hydrogen (secondary N) is 2. The minimum absolute atomic E-state index is 0.156. The molecule has 4 N–H and O–H groups in total. The second-order valence-corrected chi connectivity index (χ2v) is 8.54. The zero-order valence-electron chi connectivity index (χ0n) is 16.5. The Hall–Kier alpha value is -2.53. The van der Waals surface area contributed by atoms with Crippen molar-refractivity contribution in [2.24, 2.45) is 5.41 Å². The van der Waals surface area contributed by atoms with E-state index in [2.05, 4.69) is 36.3 Å². The van der Waals surface area contributed by atoms with Gasteiger partial charge in [0.25, 0.3) is 5.91 Å². The van der Waals surface area contributed by atoms with Gasteiger partial charge in [0, 0.05) is 36.9 Å². The van der Waals surface area contributed by atoms with Gasteiger partial charge in [-0.2, -0.15) is 0 Å². The van der Waals surface area contributed by atoms with Gasteiger partial charge < -0.3 is 21.3 Å². The molecule has 1 aliphatic rings. The molecule has 0 radical (unpaired) electrons. The first-order valence-electron chi connectivity index (χ1n) is 9.55.